The Labute approximate surface area is 865 Å². The molecule has 0 radical (unpaired) electrons. The molecule has 0 aliphatic heterocycles. The number of aryl methyl sites for hydroxylation is 1. The minimum atomic E-state index is -0.158. The molecule has 0 amide bonds. The van der Waals surface area contributed by atoms with Crippen LogP contribution in [0.2, 0.25) is 0 Å². The van der Waals surface area contributed by atoms with Crippen molar-refractivity contribution in [3.63, 3.8) is 0 Å². The van der Waals surface area contributed by atoms with Crippen LogP contribution >= 0.6 is 35.2 Å². The van der Waals surface area contributed by atoms with Crippen molar-refractivity contribution in [1.82, 2.24) is 17.5 Å². The summed E-state index contributed by atoms with van der Waals surface area (Å²) in [6.07, 6.45) is 65.9. The van der Waals surface area contributed by atoms with Gasteiger partial charge in [-0.15, -0.1) is 11.8 Å². The molecule has 0 spiro atoms. The van der Waals surface area contributed by atoms with Gasteiger partial charge in [0, 0.05) is 48.5 Å². The summed E-state index contributed by atoms with van der Waals surface area (Å²) >= 11 is 4.71. The first-order valence-corrected chi connectivity index (χ1v) is 60.1. The molecule has 0 saturated carbocycles. The first kappa shape index (κ1) is 104. The summed E-state index contributed by atoms with van der Waals surface area (Å²) in [6.45, 7) is 25.7. The van der Waals surface area contributed by atoms with E-state index in [1.165, 1.54) is 472 Å². The molecule has 17 rings (SSSR count). The maximum absolute atomic E-state index is 5.41. The molecule has 0 bridgehead atoms. The number of fused-ring (bicyclic) bond motifs is 14. The van der Waals surface area contributed by atoms with Gasteiger partial charge >= 0.3 is 0 Å². The lowest BCUT2D eigenvalue weighted by molar-refractivity contribution is 0.398. The summed E-state index contributed by atoms with van der Waals surface area (Å²) in [5.74, 6) is 0. The van der Waals surface area contributed by atoms with E-state index in [0.717, 1.165) is 34.9 Å². The van der Waals surface area contributed by atoms with Gasteiger partial charge in [-0.3, -0.25) is 0 Å². The molecule has 4 nitrogen and oxygen atoms in total. The Morgan fingerprint density at radius 3 is 0.617 bits per heavy atom. The molecule has 0 N–H and O–H groups in total. The smallest absolute Gasteiger partial charge is 0.113 e. The van der Waals surface area contributed by atoms with E-state index in [-0.39, 0.29) is 21.7 Å². The van der Waals surface area contributed by atoms with Crippen molar-refractivity contribution >= 4 is 57.3 Å². The monoisotopic (exact) mass is 1930 g/mol. The van der Waals surface area contributed by atoms with Crippen molar-refractivity contribution in [3.05, 3.63) is 244 Å². The number of aromatic nitrogens is 4. The summed E-state index contributed by atoms with van der Waals surface area (Å²) in [7, 11) is 0. The van der Waals surface area contributed by atoms with E-state index in [0.29, 0.717) is 5.25 Å². The zero-order valence-corrected chi connectivity index (χ0v) is 91.3. The Kier molecular flexibility index (Phi) is 36.8. The second-order valence-electron chi connectivity index (χ2n) is 44.3. The van der Waals surface area contributed by atoms with Crippen LogP contribution in [0.25, 0.3) is 133 Å². The number of hydrogen-bond donors (Lipinski definition) is 0. The highest BCUT2D eigenvalue weighted by molar-refractivity contribution is 7.99. The SMILES string of the molecule is CCCCCCCCC1(CCCCCCCC)c2cc(-c3ccc4c(c3)C(CCCCCC)(CCCCCC)c3cc(-c5ccc6c(c5)C(CCCCCCCC)(CCCCCCCC)c5cc(-c7ccc(-c8ccc9c(c8)C(CCCCCCCC)(CCCCCCCC)c8cc(-c%10ccc(SC(C)C)cc%10)ccc8-9)c8nsnc78)ccc5-6)ccc3-4)ccc2-c2ccc(-c3ccc(C)c4nsnc34)cc21. The Morgan fingerprint density at radius 2 is 0.376 bits per heavy atom. The number of thioether (sulfide) groups is 1. The average molecular weight is 1930 g/mol. The maximum Gasteiger partial charge on any atom is 0.113 e. The molecule has 2 heterocycles. The summed E-state index contributed by atoms with van der Waals surface area (Å²) in [5, 5.41) is 0.546. The zero-order valence-electron chi connectivity index (χ0n) is 88.8. The van der Waals surface area contributed by atoms with Gasteiger partial charge in [-0.2, -0.15) is 17.5 Å². The van der Waals surface area contributed by atoms with Gasteiger partial charge < -0.3 is 0 Å². The van der Waals surface area contributed by atoms with Crippen LogP contribution < -0.4 is 0 Å². The molecule has 0 saturated heterocycles. The van der Waals surface area contributed by atoms with E-state index in [1.54, 1.807) is 38.9 Å². The molecule has 0 fully saturated rings. The van der Waals surface area contributed by atoms with Gasteiger partial charge in [-0.05, 0) is 264 Å². The van der Waals surface area contributed by atoms with Gasteiger partial charge in [0.05, 0.1) is 23.5 Å². The number of hydrogen-bond acceptors (Lipinski definition) is 7. The fourth-order valence-corrected chi connectivity index (χ4v) is 28.6. The molecule has 13 aromatic rings. The van der Waals surface area contributed by atoms with Crippen LogP contribution in [0, 0.1) is 6.92 Å². The molecule has 0 atom stereocenters. The van der Waals surface area contributed by atoms with Crippen LogP contribution in [0.15, 0.2) is 199 Å². The Bertz CT molecular complexity index is 6200. The largest absolute Gasteiger partial charge is 0.173 e. The van der Waals surface area contributed by atoms with Crippen LogP contribution in [0.5, 0.6) is 0 Å². The predicted molar refractivity (Wildman–Crippen MR) is 617 cm³/mol. The third-order valence-electron chi connectivity index (χ3n) is 34.3. The highest BCUT2D eigenvalue weighted by Crippen LogP contribution is 2.63. The van der Waals surface area contributed by atoms with Crippen molar-refractivity contribution < 1.29 is 0 Å². The van der Waals surface area contributed by atoms with Gasteiger partial charge in [0.1, 0.15) is 22.1 Å². The number of nitrogens with zero attached hydrogens (tertiary/aromatic N) is 4. The quantitative estimate of drug-likeness (QED) is 0.0281. The van der Waals surface area contributed by atoms with Gasteiger partial charge in [-0.1, -0.05) is 485 Å². The van der Waals surface area contributed by atoms with Gasteiger partial charge in [0.25, 0.3) is 0 Å². The number of benzene rings is 11. The van der Waals surface area contributed by atoms with Crippen molar-refractivity contribution in [2.45, 2.75) is 442 Å². The Hall–Kier alpha value is -8.59. The molecule has 2 aromatic heterocycles. The third-order valence-corrected chi connectivity index (χ3v) is 36.4. The van der Waals surface area contributed by atoms with E-state index in [4.69, 9.17) is 17.5 Å². The topological polar surface area (TPSA) is 51.6 Å². The van der Waals surface area contributed by atoms with Crippen LogP contribution in [0.4, 0.5) is 0 Å². The maximum atomic E-state index is 5.41. The second-order valence-corrected chi connectivity index (χ2v) is 47.1. The van der Waals surface area contributed by atoms with Crippen molar-refractivity contribution in [2.24, 2.45) is 0 Å². The number of unbranched alkanes of at least 4 members (excludes halogenated alkanes) is 36. The molecule has 4 aliphatic rings. The van der Waals surface area contributed by atoms with Crippen molar-refractivity contribution in [1.29, 1.82) is 0 Å². The fourth-order valence-electron chi connectivity index (χ4n) is 26.5. The van der Waals surface area contributed by atoms with Gasteiger partial charge in [0.15, 0.2) is 0 Å². The molecular weight excluding hydrogens is 1760 g/mol. The normalized spacial score (nSPS) is 14.2. The lowest BCUT2D eigenvalue weighted by atomic mass is 9.69. The summed E-state index contributed by atoms with van der Waals surface area (Å²) < 4.78 is 20.7. The second kappa shape index (κ2) is 50.0. The van der Waals surface area contributed by atoms with E-state index < -0.39 is 0 Å². The Balaban J connectivity index is 0.749. The highest BCUT2D eigenvalue weighted by atomic mass is 32.2. The van der Waals surface area contributed by atoms with E-state index >= 15 is 0 Å². The molecule has 744 valence electrons. The van der Waals surface area contributed by atoms with Crippen molar-refractivity contribution in [2.75, 3.05) is 0 Å². The van der Waals surface area contributed by atoms with E-state index in [2.05, 4.69) is 270 Å². The fraction of sp³-hybridized carbons (Fsp3) is 0.507. The van der Waals surface area contributed by atoms with E-state index in [9.17, 15) is 0 Å². The molecule has 4 aliphatic carbocycles. The average Bonchev–Trinajstić information content (AvgIpc) is 1.56. The first-order chi connectivity index (χ1) is 69.3. The predicted octanol–water partition coefficient (Wildman–Crippen LogP) is 43.0. The van der Waals surface area contributed by atoms with Crippen LogP contribution in [0.3, 0.4) is 0 Å². The zero-order chi connectivity index (χ0) is 97.6. The molecule has 11 aromatic carbocycles. The molecule has 7 heteroatoms. The van der Waals surface area contributed by atoms with Crippen LogP contribution in [-0.4, -0.2) is 22.7 Å². The molecule has 141 heavy (non-hydrogen) atoms. The standard InChI is InChI=1S/C134H170N4S3/c1-12-20-28-36-42-50-82-132(83-51-43-37-29-21-13-2)119-88-99(98-57-67-107(68-58-98)139-96(9)10)59-70-111(119)116-76-65-105(94-125(116)132)109-78-79-110(130-129(109)137-141-138-130)106-66-77-118-115-74-63-103(92-123(115)134(126(118)95-106,86-54-46-40-32-24-16-5)87-55-47-41-33-25-17-6)101-61-72-113-112-71-60-100(89-120(112)131(121(113)90-101,80-48-34-26-18-7)81-49-35-27-19-8)102-62-73-114-117-75-64-104(108-69-56-97(11)127-128(108)136-140-135-127)93-124(117)133(122(114)91-102,84-52-44-38-30-22-14-3)85-53-45-39-31-23-15-4/h56-79,88-96H,12-55,80-87H2,1-11H3. The molecule has 0 unspecified atom stereocenters. The Morgan fingerprint density at radius 1 is 0.199 bits per heavy atom. The summed E-state index contributed by atoms with van der Waals surface area (Å²) in [6, 6.07) is 81.1. The van der Waals surface area contributed by atoms with E-state index in [1.807, 2.05) is 11.8 Å². The number of rotatable bonds is 60. The minimum absolute atomic E-state index is 0.0920. The lowest BCUT2D eigenvalue weighted by Gasteiger charge is -2.34. The van der Waals surface area contributed by atoms with Gasteiger partial charge in [0.2, 0.25) is 0 Å². The highest BCUT2D eigenvalue weighted by Gasteiger charge is 2.48. The summed E-state index contributed by atoms with van der Waals surface area (Å²) in [4.78, 5) is 1.34. The lowest BCUT2D eigenvalue weighted by Crippen LogP contribution is -2.26. The molecular formula is C134H170N4S3. The van der Waals surface area contributed by atoms with Crippen molar-refractivity contribution in [3.8, 4) is 111 Å². The minimum Gasteiger partial charge on any atom is -0.173 e. The third kappa shape index (κ3) is 22.7. The van der Waals surface area contributed by atoms with Crippen LogP contribution in [0.1, 0.15) is 453 Å². The van der Waals surface area contributed by atoms with Gasteiger partial charge in [-0.25, -0.2) is 0 Å². The summed E-state index contributed by atoms with van der Waals surface area (Å²) in [5.41, 5.74) is 44.5. The first-order valence-electron chi connectivity index (χ1n) is 57.8. The van der Waals surface area contributed by atoms with Crippen LogP contribution in [-0.2, 0) is 21.7 Å².